The van der Waals surface area contributed by atoms with E-state index >= 15 is 0 Å². The van der Waals surface area contributed by atoms with E-state index in [9.17, 15) is 0 Å². The summed E-state index contributed by atoms with van der Waals surface area (Å²) in [5, 5.41) is 1.87. The van der Waals surface area contributed by atoms with Crippen LogP contribution in [0.3, 0.4) is 0 Å². The molecule has 2 heterocycles. The minimum Gasteiger partial charge on any atom is -0.256 e. The predicted octanol–water partition coefficient (Wildman–Crippen LogP) is 7.59. The molecule has 30 heavy (non-hydrogen) atoms. The van der Waals surface area contributed by atoms with E-state index in [1.54, 1.807) is 0 Å². The van der Waals surface area contributed by atoms with Crippen LogP contribution in [0, 0.1) is 6.92 Å². The van der Waals surface area contributed by atoms with Crippen molar-refractivity contribution in [1.29, 1.82) is 0 Å². The van der Waals surface area contributed by atoms with Gasteiger partial charge in [0, 0.05) is 33.9 Å². The maximum Gasteiger partial charge on any atom is 0.0708 e. The van der Waals surface area contributed by atoms with E-state index in [2.05, 4.69) is 66.5 Å². The zero-order chi connectivity index (χ0) is 20.5. The molecule has 0 unspecified atom stereocenters. The third-order valence-electron chi connectivity index (χ3n) is 5.24. The number of hydrogen-bond donors (Lipinski definition) is 0. The summed E-state index contributed by atoms with van der Waals surface area (Å²) >= 11 is 6.24. The molecule has 3 heteroatoms. The molecule has 0 aliphatic rings. The highest BCUT2D eigenvalue weighted by Gasteiger charge is 2.06. The Labute approximate surface area is 180 Å². The van der Waals surface area contributed by atoms with Crippen molar-refractivity contribution in [3.05, 3.63) is 108 Å². The molecule has 0 radical (unpaired) electrons. The van der Waals surface area contributed by atoms with Crippen LogP contribution in [0.15, 0.2) is 97.3 Å². The Morgan fingerprint density at radius 1 is 0.633 bits per heavy atom. The van der Waals surface area contributed by atoms with Gasteiger partial charge in [-0.25, -0.2) is 0 Å². The van der Waals surface area contributed by atoms with Gasteiger partial charge in [-0.1, -0.05) is 60.1 Å². The van der Waals surface area contributed by atoms with Gasteiger partial charge in [-0.3, -0.25) is 9.97 Å². The Kier molecular flexibility index (Phi) is 4.78. The van der Waals surface area contributed by atoms with Gasteiger partial charge in [0.15, 0.2) is 0 Å². The average molecular weight is 407 g/mol. The molecule has 5 rings (SSSR count). The first-order valence-corrected chi connectivity index (χ1v) is 10.2. The molecule has 5 aromatic rings. The molecule has 2 nitrogen and oxygen atoms in total. The minimum absolute atomic E-state index is 0.752. The highest BCUT2D eigenvalue weighted by molar-refractivity contribution is 6.31. The maximum atomic E-state index is 6.24. The number of hydrogen-bond acceptors (Lipinski definition) is 2. The molecule has 144 valence electrons. The zero-order valence-electron chi connectivity index (χ0n) is 16.5. The van der Waals surface area contributed by atoms with Crippen LogP contribution < -0.4 is 0 Å². The second-order valence-corrected chi connectivity index (χ2v) is 7.88. The first kappa shape index (κ1) is 18.5. The van der Waals surface area contributed by atoms with Crippen molar-refractivity contribution >= 4 is 22.5 Å². The summed E-state index contributed by atoms with van der Waals surface area (Å²) in [5.41, 5.74) is 8.67. The van der Waals surface area contributed by atoms with Gasteiger partial charge in [0.2, 0.25) is 0 Å². The largest absolute Gasteiger partial charge is 0.256 e. The lowest BCUT2D eigenvalue weighted by molar-refractivity contribution is 1.33. The van der Waals surface area contributed by atoms with Crippen molar-refractivity contribution in [3.63, 3.8) is 0 Å². The van der Waals surface area contributed by atoms with Crippen LogP contribution in [0.2, 0.25) is 5.02 Å². The molecule has 0 fully saturated rings. The van der Waals surface area contributed by atoms with Gasteiger partial charge in [0.1, 0.15) is 0 Å². The second kappa shape index (κ2) is 7.74. The molecule has 0 spiro atoms. The standard InChI is InChI=1S/C27H19ClN2/c1-18-12-23(15-25(28)13-18)21-9-10-22-14-24(17-30-27(22)16-21)19-5-7-20(8-6-19)26-4-2-3-11-29-26/h2-17H,1H3. The number of pyridine rings is 2. The molecule has 0 N–H and O–H groups in total. The molecule has 0 saturated heterocycles. The fourth-order valence-corrected chi connectivity index (χ4v) is 4.02. The molecule has 0 atom stereocenters. The Hall–Kier alpha value is -3.49. The molecule has 0 bridgehead atoms. The fraction of sp³-hybridized carbons (Fsp3) is 0.0370. The van der Waals surface area contributed by atoms with Gasteiger partial charge >= 0.3 is 0 Å². The van der Waals surface area contributed by atoms with Gasteiger partial charge in [0.25, 0.3) is 0 Å². The summed E-state index contributed by atoms with van der Waals surface area (Å²) in [6.07, 6.45) is 3.75. The molecular formula is C27H19ClN2. The van der Waals surface area contributed by atoms with Gasteiger partial charge in [0.05, 0.1) is 11.2 Å². The van der Waals surface area contributed by atoms with Crippen molar-refractivity contribution < 1.29 is 0 Å². The lowest BCUT2D eigenvalue weighted by atomic mass is 9.99. The molecule has 3 aromatic carbocycles. The number of aromatic nitrogens is 2. The van der Waals surface area contributed by atoms with Crippen LogP contribution >= 0.6 is 11.6 Å². The van der Waals surface area contributed by atoms with E-state index in [1.165, 1.54) is 0 Å². The van der Waals surface area contributed by atoms with Crippen LogP contribution in [-0.4, -0.2) is 9.97 Å². The average Bonchev–Trinajstić information content (AvgIpc) is 2.78. The smallest absolute Gasteiger partial charge is 0.0708 e. The van der Waals surface area contributed by atoms with Gasteiger partial charge in [-0.05, 0) is 65.6 Å². The van der Waals surface area contributed by atoms with Crippen LogP contribution in [-0.2, 0) is 0 Å². The molecular weight excluding hydrogens is 388 g/mol. The Morgan fingerprint density at radius 3 is 2.20 bits per heavy atom. The van der Waals surface area contributed by atoms with Crippen LogP contribution in [0.25, 0.3) is 44.4 Å². The predicted molar refractivity (Wildman–Crippen MR) is 126 cm³/mol. The van der Waals surface area contributed by atoms with Crippen LogP contribution in [0.5, 0.6) is 0 Å². The van der Waals surface area contributed by atoms with E-state index < -0.39 is 0 Å². The number of nitrogens with zero attached hydrogens (tertiary/aromatic N) is 2. The Bertz CT molecular complexity index is 1320. The first-order chi connectivity index (χ1) is 14.7. The monoisotopic (exact) mass is 406 g/mol. The molecule has 0 amide bonds. The van der Waals surface area contributed by atoms with Crippen LogP contribution in [0.1, 0.15) is 5.56 Å². The van der Waals surface area contributed by atoms with E-state index in [1.807, 2.05) is 42.7 Å². The Balaban J connectivity index is 1.48. The molecule has 0 aliphatic heterocycles. The minimum atomic E-state index is 0.752. The second-order valence-electron chi connectivity index (χ2n) is 7.44. The van der Waals surface area contributed by atoms with Crippen molar-refractivity contribution in [2.45, 2.75) is 6.92 Å². The van der Waals surface area contributed by atoms with E-state index in [0.29, 0.717) is 0 Å². The highest BCUT2D eigenvalue weighted by atomic mass is 35.5. The maximum absolute atomic E-state index is 6.24. The topological polar surface area (TPSA) is 25.8 Å². The van der Waals surface area contributed by atoms with Gasteiger partial charge < -0.3 is 0 Å². The van der Waals surface area contributed by atoms with Crippen molar-refractivity contribution in [1.82, 2.24) is 9.97 Å². The van der Waals surface area contributed by atoms with E-state index in [0.717, 1.165) is 55.0 Å². The van der Waals surface area contributed by atoms with Gasteiger partial charge in [-0.2, -0.15) is 0 Å². The summed E-state index contributed by atoms with van der Waals surface area (Å²) < 4.78 is 0. The van der Waals surface area contributed by atoms with Crippen molar-refractivity contribution in [3.8, 4) is 33.5 Å². The Morgan fingerprint density at radius 2 is 1.43 bits per heavy atom. The fourth-order valence-electron chi connectivity index (χ4n) is 3.73. The highest BCUT2D eigenvalue weighted by Crippen LogP contribution is 2.30. The zero-order valence-corrected chi connectivity index (χ0v) is 17.3. The quantitative estimate of drug-likeness (QED) is 0.308. The number of aryl methyl sites for hydroxylation is 1. The number of benzene rings is 3. The molecule has 2 aromatic heterocycles. The molecule has 0 saturated carbocycles. The number of fused-ring (bicyclic) bond motifs is 1. The van der Waals surface area contributed by atoms with Gasteiger partial charge in [-0.15, -0.1) is 0 Å². The summed E-state index contributed by atoms with van der Waals surface area (Å²) in [6.45, 7) is 2.06. The lowest BCUT2D eigenvalue weighted by Gasteiger charge is -2.08. The number of halogens is 1. The third kappa shape index (κ3) is 3.70. The SMILES string of the molecule is Cc1cc(Cl)cc(-c2ccc3cc(-c4ccc(-c5ccccn5)cc4)cnc3c2)c1. The summed E-state index contributed by atoms with van der Waals surface area (Å²) in [7, 11) is 0. The third-order valence-corrected chi connectivity index (χ3v) is 5.46. The van der Waals surface area contributed by atoms with Crippen LogP contribution in [0.4, 0.5) is 0 Å². The molecule has 0 aliphatic carbocycles. The summed E-state index contributed by atoms with van der Waals surface area (Å²) in [5.74, 6) is 0. The van der Waals surface area contributed by atoms with E-state index in [-0.39, 0.29) is 0 Å². The van der Waals surface area contributed by atoms with Crippen molar-refractivity contribution in [2.75, 3.05) is 0 Å². The summed E-state index contributed by atoms with van der Waals surface area (Å²) in [4.78, 5) is 9.14. The summed E-state index contributed by atoms with van der Waals surface area (Å²) in [6, 6.07) is 29.1. The van der Waals surface area contributed by atoms with Crippen molar-refractivity contribution in [2.24, 2.45) is 0 Å². The first-order valence-electron chi connectivity index (χ1n) is 9.85. The lowest BCUT2D eigenvalue weighted by Crippen LogP contribution is -1.86. The normalized spacial score (nSPS) is 11.0. The number of rotatable bonds is 3. The van der Waals surface area contributed by atoms with E-state index in [4.69, 9.17) is 16.6 Å².